The van der Waals surface area contributed by atoms with Gasteiger partial charge in [0.15, 0.2) is 0 Å². The van der Waals surface area contributed by atoms with Gasteiger partial charge in [0.05, 0.1) is 12.0 Å². The van der Waals surface area contributed by atoms with E-state index in [0.717, 1.165) is 11.6 Å². The molecule has 0 aliphatic carbocycles. The highest BCUT2D eigenvalue weighted by molar-refractivity contribution is 7.92. The molecule has 1 aliphatic heterocycles. The first kappa shape index (κ1) is 17.0. The smallest absolute Gasteiger partial charge is 0.328 e. The standard InChI is InChI=1S/C17H16N2O5S/c1-24-14-3-5-15(6-4-14)25(22,23)19-9-8-13-10-12(2-7-16(20)21)11-18-17(13)19/h2-7,10-11H,8-9H2,1H3,(H,20,21)/b7-2+. The van der Waals surface area contributed by atoms with E-state index in [9.17, 15) is 13.2 Å². The van der Waals surface area contributed by atoms with Gasteiger partial charge in [-0.15, -0.1) is 0 Å². The Labute approximate surface area is 145 Å². The molecule has 0 saturated heterocycles. The van der Waals surface area contributed by atoms with Gasteiger partial charge < -0.3 is 9.84 Å². The summed E-state index contributed by atoms with van der Waals surface area (Å²) >= 11 is 0. The third kappa shape index (κ3) is 3.34. The van der Waals surface area contributed by atoms with Gasteiger partial charge in [0.25, 0.3) is 10.0 Å². The molecular formula is C17H16N2O5S. The summed E-state index contributed by atoms with van der Waals surface area (Å²) in [6, 6.07) is 7.94. The molecule has 0 saturated carbocycles. The predicted molar refractivity (Wildman–Crippen MR) is 92.1 cm³/mol. The maximum Gasteiger partial charge on any atom is 0.328 e. The lowest BCUT2D eigenvalue weighted by Gasteiger charge is -2.18. The van der Waals surface area contributed by atoms with Gasteiger partial charge in [-0.1, -0.05) is 0 Å². The van der Waals surface area contributed by atoms with E-state index < -0.39 is 16.0 Å². The minimum absolute atomic E-state index is 0.165. The lowest BCUT2D eigenvalue weighted by atomic mass is 10.1. The van der Waals surface area contributed by atoms with Crippen LogP contribution in [-0.2, 0) is 21.2 Å². The summed E-state index contributed by atoms with van der Waals surface area (Å²) in [5.74, 6) is -0.0961. The average Bonchev–Trinajstić information content (AvgIpc) is 3.04. The summed E-state index contributed by atoms with van der Waals surface area (Å²) in [4.78, 5) is 15.0. The maximum atomic E-state index is 12.9. The van der Waals surface area contributed by atoms with E-state index in [1.165, 1.54) is 35.8 Å². The van der Waals surface area contributed by atoms with E-state index in [2.05, 4.69) is 4.98 Å². The number of methoxy groups -OCH3 is 1. The zero-order valence-corrected chi connectivity index (χ0v) is 14.2. The number of aromatic nitrogens is 1. The van der Waals surface area contributed by atoms with E-state index >= 15 is 0 Å². The van der Waals surface area contributed by atoms with Crippen molar-refractivity contribution in [2.45, 2.75) is 11.3 Å². The number of hydrogen-bond donors (Lipinski definition) is 1. The van der Waals surface area contributed by atoms with Crippen molar-refractivity contribution in [1.82, 2.24) is 4.98 Å². The van der Waals surface area contributed by atoms with Gasteiger partial charge in [0, 0.05) is 18.8 Å². The number of benzene rings is 1. The van der Waals surface area contributed by atoms with Crippen LogP contribution in [0.4, 0.5) is 5.82 Å². The zero-order chi connectivity index (χ0) is 18.0. The Morgan fingerprint density at radius 2 is 2.04 bits per heavy atom. The molecule has 8 heteroatoms. The van der Waals surface area contributed by atoms with Crippen molar-refractivity contribution in [2.24, 2.45) is 0 Å². The minimum Gasteiger partial charge on any atom is -0.497 e. The molecule has 0 unspecified atom stereocenters. The normalized spacial score (nSPS) is 13.9. The van der Waals surface area contributed by atoms with E-state index in [1.807, 2.05) is 0 Å². The zero-order valence-electron chi connectivity index (χ0n) is 13.4. The molecular weight excluding hydrogens is 344 g/mol. The van der Waals surface area contributed by atoms with Crippen LogP contribution in [0.2, 0.25) is 0 Å². The molecule has 2 heterocycles. The van der Waals surface area contributed by atoms with Crippen LogP contribution in [0.25, 0.3) is 6.08 Å². The molecule has 1 aliphatic rings. The number of anilines is 1. The molecule has 130 valence electrons. The number of hydrogen-bond acceptors (Lipinski definition) is 5. The fourth-order valence-electron chi connectivity index (χ4n) is 2.63. The lowest BCUT2D eigenvalue weighted by Crippen LogP contribution is -2.29. The van der Waals surface area contributed by atoms with E-state index in [-0.39, 0.29) is 4.90 Å². The van der Waals surface area contributed by atoms with Crippen molar-refractivity contribution >= 4 is 27.9 Å². The van der Waals surface area contributed by atoms with Crippen LogP contribution in [0.1, 0.15) is 11.1 Å². The summed E-state index contributed by atoms with van der Waals surface area (Å²) in [5, 5.41) is 8.68. The highest BCUT2D eigenvalue weighted by Gasteiger charge is 2.32. The molecule has 0 atom stereocenters. The van der Waals surface area contributed by atoms with Gasteiger partial charge in [-0.25, -0.2) is 22.5 Å². The van der Waals surface area contributed by atoms with Crippen LogP contribution in [0.3, 0.4) is 0 Å². The van der Waals surface area contributed by atoms with Crippen molar-refractivity contribution in [2.75, 3.05) is 18.0 Å². The van der Waals surface area contributed by atoms with Crippen LogP contribution in [0.5, 0.6) is 5.75 Å². The number of carbonyl (C=O) groups is 1. The SMILES string of the molecule is COc1ccc(S(=O)(=O)N2CCc3cc(/C=C/C(=O)O)cnc32)cc1. The summed E-state index contributed by atoms with van der Waals surface area (Å²) in [6.07, 6.45) is 4.42. The molecule has 0 amide bonds. The van der Waals surface area contributed by atoms with E-state index in [4.69, 9.17) is 9.84 Å². The fraction of sp³-hybridized carbons (Fsp3) is 0.176. The monoisotopic (exact) mass is 360 g/mol. The summed E-state index contributed by atoms with van der Waals surface area (Å²) in [7, 11) is -2.20. The number of carboxylic acid groups (broad SMARTS) is 1. The quantitative estimate of drug-likeness (QED) is 0.819. The number of pyridine rings is 1. The molecule has 3 rings (SSSR count). The van der Waals surface area contributed by atoms with Gasteiger partial charge in [-0.2, -0.15) is 0 Å². The second-order valence-electron chi connectivity index (χ2n) is 5.43. The molecule has 0 bridgehead atoms. The molecule has 0 radical (unpaired) electrons. The van der Waals surface area contributed by atoms with Gasteiger partial charge in [0.2, 0.25) is 0 Å². The van der Waals surface area contributed by atoms with Crippen LogP contribution in [-0.4, -0.2) is 38.1 Å². The third-order valence-corrected chi connectivity index (χ3v) is 5.65. The Kier molecular flexibility index (Phi) is 4.45. The number of sulfonamides is 1. The van der Waals surface area contributed by atoms with Gasteiger partial charge in [-0.05, 0) is 54.0 Å². The van der Waals surface area contributed by atoms with Crippen molar-refractivity contribution in [1.29, 1.82) is 0 Å². The number of nitrogens with zero attached hydrogens (tertiary/aromatic N) is 2. The molecule has 1 N–H and O–H groups in total. The van der Waals surface area contributed by atoms with E-state index in [0.29, 0.717) is 30.1 Å². The topological polar surface area (TPSA) is 96.8 Å². The number of ether oxygens (including phenoxy) is 1. The molecule has 2 aromatic rings. The highest BCUT2D eigenvalue weighted by atomic mass is 32.2. The Hall–Kier alpha value is -2.87. The Bertz CT molecular complexity index is 936. The Morgan fingerprint density at radius 1 is 1.32 bits per heavy atom. The first-order valence-electron chi connectivity index (χ1n) is 7.48. The van der Waals surface area contributed by atoms with Crippen LogP contribution >= 0.6 is 0 Å². The van der Waals surface area contributed by atoms with Crippen LogP contribution in [0, 0.1) is 0 Å². The number of carboxylic acids is 1. The summed E-state index contributed by atoms with van der Waals surface area (Å²) in [6.45, 7) is 0.294. The molecule has 25 heavy (non-hydrogen) atoms. The minimum atomic E-state index is -3.71. The van der Waals surface area contributed by atoms with Gasteiger partial charge in [-0.3, -0.25) is 0 Å². The number of aliphatic carboxylic acids is 1. The molecule has 0 fully saturated rings. The molecule has 7 nitrogen and oxygen atoms in total. The van der Waals surface area contributed by atoms with Crippen molar-refractivity contribution in [3.63, 3.8) is 0 Å². The fourth-order valence-corrected chi connectivity index (χ4v) is 4.08. The van der Waals surface area contributed by atoms with Crippen molar-refractivity contribution in [3.05, 3.63) is 53.7 Å². The second kappa shape index (κ2) is 6.56. The van der Waals surface area contributed by atoms with Crippen molar-refractivity contribution < 1.29 is 23.1 Å². The number of fused-ring (bicyclic) bond motifs is 1. The molecule has 0 spiro atoms. The largest absolute Gasteiger partial charge is 0.497 e. The molecule has 1 aromatic carbocycles. The van der Waals surface area contributed by atoms with Crippen LogP contribution in [0.15, 0.2) is 47.5 Å². The predicted octanol–water partition coefficient (Wildman–Crippen LogP) is 1.94. The first-order chi connectivity index (χ1) is 11.9. The first-order valence-corrected chi connectivity index (χ1v) is 8.92. The Balaban J connectivity index is 1.92. The van der Waals surface area contributed by atoms with Gasteiger partial charge >= 0.3 is 5.97 Å². The maximum absolute atomic E-state index is 12.9. The van der Waals surface area contributed by atoms with E-state index in [1.54, 1.807) is 18.2 Å². The molecule has 1 aromatic heterocycles. The van der Waals surface area contributed by atoms with Crippen molar-refractivity contribution in [3.8, 4) is 5.75 Å². The summed E-state index contributed by atoms with van der Waals surface area (Å²) < 4.78 is 32.0. The summed E-state index contributed by atoms with van der Waals surface area (Å²) in [5.41, 5.74) is 1.38. The third-order valence-electron chi connectivity index (χ3n) is 3.85. The average molecular weight is 360 g/mol. The number of rotatable bonds is 5. The highest BCUT2D eigenvalue weighted by Crippen LogP contribution is 2.32. The Morgan fingerprint density at radius 3 is 2.68 bits per heavy atom. The lowest BCUT2D eigenvalue weighted by molar-refractivity contribution is -0.131. The van der Waals surface area contributed by atoms with Gasteiger partial charge in [0.1, 0.15) is 11.6 Å². The second-order valence-corrected chi connectivity index (χ2v) is 7.29. The van der Waals surface area contributed by atoms with Crippen LogP contribution < -0.4 is 9.04 Å².